The molecule has 0 amide bonds. The monoisotopic (exact) mass is 233 g/mol. The molecule has 0 unspecified atom stereocenters. The van der Waals surface area contributed by atoms with Crippen LogP contribution >= 0.6 is 0 Å². The Morgan fingerprint density at radius 2 is 1.76 bits per heavy atom. The number of benzene rings is 1. The highest BCUT2D eigenvalue weighted by Crippen LogP contribution is 2.10. The van der Waals surface area contributed by atoms with E-state index in [9.17, 15) is 4.79 Å². The molecule has 0 aliphatic carbocycles. The molecule has 92 valence electrons. The maximum Gasteiger partial charge on any atom is 0.120 e. The van der Waals surface area contributed by atoms with Gasteiger partial charge in [-0.05, 0) is 17.5 Å². The van der Waals surface area contributed by atoms with E-state index in [4.69, 9.17) is 4.74 Å². The maximum atomic E-state index is 10.3. The van der Waals surface area contributed by atoms with E-state index in [0.717, 1.165) is 45.6 Å². The molecule has 0 spiro atoms. The fourth-order valence-electron chi connectivity index (χ4n) is 2.05. The van der Waals surface area contributed by atoms with Crippen LogP contribution in [-0.2, 0) is 22.5 Å². The highest BCUT2D eigenvalue weighted by molar-refractivity contribution is 5.50. The van der Waals surface area contributed by atoms with Crippen LogP contribution in [0.2, 0.25) is 0 Å². The Balaban J connectivity index is 1.86. The summed E-state index contributed by atoms with van der Waals surface area (Å²) >= 11 is 0. The van der Waals surface area contributed by atoms with Gasteiger partial charge < -0.3 is 9.53 Å². The molecule has 3 heteroatoms. The normalized spacial score (nSPS) is 16.9. The Morgan fingerprint density at radius 1 is 1.12 bits per heavy atom. The molecule has 17 heavy (non-hydrogen) atoms. The lowest BCUT2D eigenvalue weighted by atomic mass is 10.1. The highest BCUT2D eigenvalue weighted by Gasteiger charge is 2.10. The third-order valence-corrected chi connectivity index (χ3v) is 3.08. The minimum absolute atomic E-state index is 0.614. The summed E-state index contributed by atoms with van der Waals surface area (Å²) < 4.78 is 5.33. The highest BCUT2D eigenvalue weighted by atomic mass is 16.5. The predicted octanol–water partition coefficient (Wildman–Crippen LogP) is 1.65. The van der Waals surface area contributed by atoms with Crippen molar-refractivity contribution < 1.29 is 9.53 Å². The van der Waals surface area contributed by atoms with Crippen LogP contribution < -0.4 is 0 Å². The molecule has 0 saturated carbocycles. The van der Waals surface area contributed by atoms with Gasteiger partial charge in [-0.2, -0.15) is 0 Å². The van der Waals surface area contributed by atoms with Crippen molar-refractivity contribution >= 4 is 6.29 Å². The van der Waals surface area contributed by atoms with E-state index < -0.39 is 0 Å². The van der Waals surface area contributed by atoms with Crippen molar-refractivity contribution in [2.75, 3.05) is 26.3 Å². The second-order valence-electron chi connectivity index (χ2n) is 4.41. The average Bonchev–Trinajstić information content (AvgIpc) is 2.39. The summed E-state index contributed by atoms with van der Waals surface area (Å²) in [5.74, 6) is 0. The molecule has 0 bridgehead atoms. The number of hydrogen-bond acceptors (Lipinski definition) is 3. The van der Waals surface area contributed by atoms with E-state index in [1.807, 2.05) is 0 Å². The van der Waals surface area contributed by atoms with Gasteiger partial charge in [0.05, 0.1) is 13.2 Å². The van der Waals surface area contributed by atoms with Crippen molar-refractivity contribution in [3.05, 3.63) is 35.4 Å². The summed E-state index contributed by atoms with van der Waals surface area (Å²) in [7, 11) is 0. The minimum atomic E-state index is 0.614. The Morgan fingerprint density at radius 3 is 2.41 bits per heavy atom. The summed E-state index contributed by atoms with van der Waals surface area (Å²) in [6, 6.07) is 8.57. The SMILES string of the molecule is O=CCCc1ccc(CN2CCOCC2)cc1. The third kappa shape index (κ3) is 3.95. The van der Waals surface area contributed by atoms with Gasteiger partial charge >= 0.3 is 0 Å². The number of nitrogens with zero attached hydrogens (tertiary/aromatic N) is 1. The topological polar surface area (TPSA) is 29.5 Å². The zero-order valence-electron chi connectivity index (χ0n) is 10.1. The van der Waals surface area contributed by atoms with Gasteiger partial charge in [0.2, 0.25) is 0 Å². The number of carbonyl (C=O) groups is 1. The van der Waals surface area contributed by atoms with Crippen LogP contribution in [-0.4, -0.2) is 37.5 Å². The largest absolute Gasteiger partial charge is 0.379 e. The molecule has 1 aliphatic rings. The molecule has 1 heterocycles. The molecule has 1 aromatic rings. The van der Waals surface area contributed by atoms with Crippen LogP contribution in [0.5, 0.6) is 0 Å². The van der Waals surface area contributed by atoms with Crippen molar-refractivity contribution in [1.82, 2.24) is 4.90 Å². The van der Waals surface area contributed by atoms with Crippen LogP contribution in [0, 0.1) is 0 Å². The molecule has 1 aliphatic heterocycles. The van der Waals surface area contributed by atoms with Crippen LogP contribution in [0.25, 0.3) is 0 Å². The van der Waals surface area contributed by atoms with Gasteiger partial charge in [0.1, 0.15) is 6.29 Å². The predicted molar refractivity (Wildman–Crippen MR) is 66.9 cm³/mol. The first-order valence-corrected chi connectivity index (χ1v) is 6.20. The fraction of sp³-hybridized carbons (Fsp3) is 0.500. The maximum absolute atomic E-state index is 10.3. The van der Waals surface area contributed by atoms with Gasteiger partial charge in [-0.15, -0.1) is 0 Å². The first kappa shape index (κ1) is 12.3. The Bertz CT molecular complexity index is 342. The molecule has 0 N–H and O–H groups in total. The van der Waals surface area contributed by atoms with Gasteiger partial charge in [0.25, 0.3) is 0 Å². The van der Waals surface area contributed by atoms with Crippen molar-refractivity contribution in [3.8, 4) is 0 Å². The van der Waals surface area contributed by atoms with E-state index in [1.165, 1.54) is 11.1 Å². The summed E-state index contributed by atoms with van der Waals surface area (Å²) in [5.41, 5.74) is 2.57. The number of ether oxygens (including phenoxy) is 1. The van der Waals surface area contributed by atoms with E-state index in [1.54, 1.807) is 0 Å². The zero-order valence-corrected chi connectivity index (χ0v) is 10.1. The molecule has 2 rings (SSSR count). The molecular weight excluding hydrogens is 214 g/mol. The van der Waals surface area contributed by atoms with E-state index >= 15 is 0 Å². The first-order chi connectivity index (χ1) is 8.38. The number of aryl methyl sites for hydroxylation is 1. The Hall–Kier alpha value is -1.19. The summed E-state index contributed by atoms with van der Waals surface area (Å²) in [6.07, 6.45) is 2.44. The van der Waals surface area contributed by atoms with Crippen molar-refractivity contribution in [1.29, 1.82) is 0 Å². The molecule has 0 atom stereocenters. The second kappa shape index (κ2) is 6.52. The first-order valence-electron chi connectivity index (χ1n) is 6.20. The lowest BCUT2D eigenvalue weighted by Gasteiger charge is -2.26. The van der Waals surface area contributed by atoms with Crippen LogP contribution in [0.3, 0.4) is 0 Å². The Kier molecular flexibility index (Phi) is 4.71. The number of hydrogen-bond donors (Lipinski definition) is 0. The van der Waals surface area contributed by atoms with E-state index in [-0.39, 0.29) is 0 Å². The lowest BCUT2D eigenvalue weighted by molar-refractivity contribution is -0.107. The van der Waals surface area contributed by atoms with Gasteiger partial charge in [-0.25, -0.2) is 0 Å². The number of carbonyl (C=O) groups excluding carboxylic acids is 1. The zero-order chi connectivity index (χ0) is 11.9. The van der Waals surface area contributed by atoms with Gasteiger partial charge in [-0.3, -0.25) is 4.90 Å². The fourth-order valence-corrected chi connectivity index (χ4v) is 2.05. The smallest absolute Gasteiger partial charge is 0.120 e. The number of morpholine rings is 1. The van der Waals surface area contributed by atoms with Crippen LogP contribution in [0.1, 0.15) is 17.5 Å². The van der Waals surface area contributed by atoms with Crippen molar-refractivity contribution in [2.45, 2.75) is 19.4 Å². The second-order valence-corrected chi connectivity index (χ2v) is 4.41. The summed E-state index contributed by atoms with van der Waals surface area (Å²) in [6.45, 7) is 4.73. The summed E-state index contributed by atoms with van der Waals surface area (Å²) in [5, 5.41) is 0. The van der Waals surface area contributed by atoms with E-state index in [0.29, 0.717) is 6.42 Å². The average molecular weight is 233 g/mol. The standard InChI is InChI=1S/C14H19NO2/c16-9-1-2-13-3-5-14(6-4-13)12-15-7-10-17-11-8-15/h3-6,9H,1-2,7-8,10-12H2. The Labute approximate surface area is 102 Å². The molecule has 1 saturated heterocycles. The lowest BCUT2D eigenvalue weighted by Crippen LogP contribution is -2.35. The molecule has 0 radical (unpaired) electrons. The van der Waals surface area contributed by atoms with Gasteiger partial charge in [-0.1, -0.05) is 24.3 Å². The van der Waals surface area contributed by atoms with E-state index in [2.05, 4.69) is 29.2 Å². The quantitative estimate of drug-likeness (QED) is 0.724. The minimum Gasteiger partial charge on any atom is -0.379 e. The van der Waals surface area contributed by atoms with Gasteiger partial charge in [0, 0.05) is 26.1 Å². The van der Waals surface area contributed by atoms with Crippen molar-refractivity contribution in [3.63, 3.8) is 0 Å². The number of rotatable bonds is 5. The summed E-state index contributed by atoms with van der Waals surface area (Å²) in [4.78, 5) is 12.7. The van der Waals surface area contributed by atoms with Crippen LogP contribution in [0.15, 0.2) is 24.3 Å². The van der Waals surface area contributed by atoms with Crippen molar-refractivity contribution in [2.24, 2.45) is 0 Å². The molecule has 3 nitrogen and oxygen atoms in total. The molecule has 1 aromatic carbocycles. The van der Waals surface area contributed by atoms with Gasteiger partial charge in [0.15, 0.2) is 0 Å². The van der Waals surface area contributed by atoms with Crippen LogP contribution in [0.4, 0.5) is 0 Å². The molecular formula is C14H19NO2. The molecule has 1 fully saturated rings. The third-order valence-electron chi connectivity index (χ3n) is 3.08. The molecule has 0 aromatic heterocycles. The number of aldehydes is 1.